The Morgan fingerprint density at radius 1 is 1.67 bits per heavy atom. The van der Waals surface area contributed by atoms with Gasteiger partial charge in [-0.25, -0.2) is 0 Å². The SMILES string of the molecule is CC(CN)SCCCO. The van der Waals surface area contributed by atoms with E-state index in [4.69, 9.17) is 10.8 Å². The third-order valence-electron chi connectivity index (χ3n) is 1.04. The quantitative estimate of drug-likeness (QED) is 0.558. The highest BCUT2D eigenvalue weighted by molar-refractivity contribution is 7.99. The average Bonchev–Trinajstić information content (AvgIpc) is 1.89. The summed E-state index contributed by atoms with van der Waals surface area (Å²) >= 11 is 1.82. The van der Waals surface area contributed by atoms with Gasteiger partial charge in [-0.1, -0.05) is 6.92 Å². The van der Waals surface area contributed by atoms with Crippen LogP contribution in [-0.4, -0.2) is 29.3 Å². The van der Waals surface area contributed by atoms with E-state index in [1.807, 2.05) is 11.8 Å². The van der Waals surface area contributed by atoms with Crippen molar-refractivity contribution in [3.63, 3.8) is 0 Å². The molecule has 0 radical (unpaired) electrons. The van der Waals surface area contributed by atoms with E-state index in [1.54, 1.807) is 0 Å². The van der Waals surface area contributed by atoms with Crippen LogP contribution in [0.3, 0.4) is 0 Å². The number of hydrogen-bond donors (Lipinski definition) is 2. The molecule has 0 saturated carbocycles. The minimum absolute atomic E-state index is 0.296. The molecule has 0 aromatic heterocycles. The lowest BCUT2D eigenvalue weighted by molar-refractivity contribution is 0.296. The van der Waals surface area contributed by atoms with Crippen molar-refractivity contribution in [3.05, 3.63) is 0 Å². The summed E-state index contributed by atoms with van der Waals surface area (Å²) in [5.41, 5.74) is 5.37. The number of aliphatic hydroxyl groups excluding tert-OH is 1. The van der Waals surface area contributed by atoms with Crippen LogP contribution in [0.15, 0.2) is 0 Å². The van der Waals surface area contributed by atoms with Crippen molar-refractivity contribution in [2.24, 2.45) is 5.73 Å². The third kappa shape index (κ3) is 6.15. The molecule has 0 aromatic rings. The van der Waals surface area contributed by atoms with Gasteiger partial charge in [-0.3, -0.25) is 0 Å². The van der Waals surface area contributed by atoms with Crippen LogP contribution in [0.2, 0.25) is 0 Å². The van der Waals surface area contributed by atoms with Crippen molar-refractivity contribution >= 4 is 11.8 Å². The zero-order valence-corrected chi connectivity index (χ0v) is 6.66. The van der Waals surface area contributed by atoms with Crippen LogP contribution in [0.5, 0.6) is 0 Å². The van der Waals surface area contributed by atoms with E-state index in [0.29, 0.717) is 11.9 Å². The van der Waals surface area contributed by atoms with Gasteiger partial charge in [-0.2, -0.15) is 11.8 Å². The van der Waals surface area contributed by atoms with E-state index in [1.165, 1.54) is 0 Å². The summed E-state index contributed by atoms with van der Waals surface area (Å²) in [4.78, 5) is 0. The monoisotopic (exact) mass is 149 g/mol. The summed E-state index contributed by atoms with van der Waals surface area (Å²) in [6, 6.07) is 0. The molecular weight excluding hydrogens is 134 g/mol. The van der Waals surface area contributed by atoms with Gasteiger partial charge in [0.2, 0.25) is 0 Å². The molecule has 0 spiro atoms. The molecule has 0 rings (SSSR count). The van der Waals surface area contributed by atoms with Crippen LogP contribution in [0, 0.1) is 0 Å². The maximum atomic E-state index is 8.41. The molecular formula is C6H15NOS. The van der Waals surface area contributed by atoms with Gasteiger partial charge in [0.25, 0.3) is 0 Å². The van der Waals surface area contributed by atoms with Crippen molar-refractivity contribution in [3.8, 4) is 0 Å². The van der Waals surface area contributed by atoms with Gasteiger partial charge in [0.1, 0.15) is 0 Å². The summed E-state index contributed by atoms with van der Waals surface area (Å²) in [6.07, 6.45) is 0.884. The highest BCUT2D eigenvalue weighted by Crippen LogP contribution is 2.08. The average molecular weight is 149 g/mol. The van der Waals surface area contributed by atoms with E-state index < -0.39 is 0 Å². The Bertz CT molecular complexity index is 61.0. The van der Waals surface area contributed by atoms with Crippen LogP contribution in [-0.2, 0) is 0 Å². The standard InChI is InChI=1S/C6H15NOS/c1-6(5-7)9-4-2-3-8/h6,8H,2-5,7H2,1H3. The van der Waals surface area contributed by atoms with Crippen molar-refractivity contribution in [2.45, 2.75) is 18.6 Å². The number of thioether (sulfide) groups is 1. The van der Waals surface area contributed by atoms with Gasteiger partial charge in [0, 0.05) is 18.4 Å². The first-order valence-electron chi connectivity index (χ1n) is 3.23. The Labute approximate surface area is 60.8 Å². The summed E-state index contributed by atoms with van der Waals surface area (Å²) in [5, 5.41) is 8.95. The van der Waals surface area contributed by atoms with Crippen LogP contribution in [0.1, 0.15) is 13.3 Å². The molecule has 0 saturated heterocycles. The second-order valence-electron chi connectivity index (χ2n) is 1.99. The number of aliphatic hydroxyl groups is 1. The number of nitrogens with two attached hydrogens (primary N) is 1. The Morgan fingerprint density at radius 3 is 2.78 bits per heavy atom. The molecule has 1 atom stereocenters. The summed E-state index contributed by atoms with van der Waals surface area (Å²) < 4.78 is 0. The predicted octanol–water partition coefficient (Wildman–Crippen LogP) is 0.449. The molecule has 0 amide bonds. The molecule has 0 heterocycles. The zero-order chi connectivity index (χ0) is 7.11. The highest BCUT2D eigenvalue weighted by Gasteiger charge is 1.96. The molecule has 0 aromatic carbocycles. The minimum Gasteiger partial charge on any atom is -0.396 e. The predicted molar refractivity (Wildman–Crippen MR) is 42.7 cm³/mol. The molecule has 0 aliphatic carbocycles. The summed E-state index contributed by atoms with van der Waals surface area (Å²) in [6.45, 7) is 3.13. The van der Waals surface area contributed by atoms with Crippen LogP contribution >= 0.6 is 11.8 Å². The Balaban J connectivity index is 2.88. The smallest absolute Gasteiger partial charge is 0.0438 e. The van der Waals surface area contributed by atoms with Gasteiger partial charge in [0.05, 0.1) is 0 Å². The molecule has 3 N–H and O–H groups in total. The summed E-state index contributed by atoms with van der Waals surface area (Å²) in [7, 11) is 0. The normalized spacial score (nSPS) is 13.7. The Hall–Kier alpha value is 0.270. The fraction of sp³-hybridized carbons (Fsp3) is 1.00. The first kappa shape index (κ1) is 9.27. The Morgan fingerprint density at radius 2 is 2.33 bits per heavy atom. The van der Waals surface area contributed by atoms with Gasteiger partial charge in [-0.15, -0.1) is 0 Å². The van der Waals surface area contributed by atoms with E-state index in [9.17, 15) is 0 Å². The molecule has 0 aliphatic rings. The Kier molecular flexibility index (Phi) is 6.58. The van der Waals surface area contributed by atoms with Crippen molar-refractivity contribution in [2.75, 3.05) is 18.9 Å². The largest absolute Gasteiger partial charge is 0.396 e. The molecule has 56 valence electrons. The zero-order valence-electron chi connectivity index (χ0n) is 5.84. The van der Waals surface area contributed by atoms with Gasteiger partial charge >= 0.3 is 0 Å². The first-order valence-corrected chi connectivity index (χ1v) is 4.28. The van der Waals surface area contributed by atoms with Crippen molar-refractivity contribution < 1.29 is 5.11 Å². The van der Waals surface area contributed by atoms with Crippen LogP contribution < -0.4 is 5.73 Å². The molecule has 2 nitrogen and oxygen atoms in total. The highest BCUT2D eigenvalue weighted by atomic mass is 32.2. The maximum Gasteiger partial charge on any atom is 0.0438 e. The molecule has 0 bridgehead atoms. The lowest BCUT2D eigenvalue weighted by Crippen LogP contribution is -2.13. The lowest BCUT2D eigenvalue weighted by Gasteiger charge is -2.05. The van der Waals surface area contributed by atoms with Gasteiger partial charge in [0.15, 0.2) is 0 Å². The van der Waals surface area contributed by atoms with Gasteiger partial charge in [-0.05, 0) is 12.2 Å². The molecule has 1 unspecified atom stereocenters. The third-order valence-corrected chi connectivity index (χ3v) is 2.32. The minimum atomic E-state index is 0.296. The van der Waals surface area contributed by atoms with E-state index in [2.05, 4.69) is 6.92 Å². The molecule has 0 fully saturated rings. The molecule has 9 heavy (non-hydrogen) atoms. The van der Waals surface area contributed by atoms with E-state index in [0.717, 1.165) is 18.7 Å². The van der Waals surface area contributed by atoms with E-state index in [-0.39, 0.29) is 0 Å². The van der Waals surface area contributed by atoms with Crippen molar-refractivity contribution in [1.82, 2.24) is 0 Å². The van der Waals surface area contributed by atoms with E-state index >= 15 is 0 Å². The van der Waals surface area contributed by atoms with Gasteiger partial charge < -0.3 is 10.8 Å². The number of rotatable bonds is 5. The molecule has 3 heteroatoms. The summed E-state index contributed by atoms with van der Waals surface area (Å²) in [5.74, 6) is 1.02. The van der Waals surface area contributed by atoms with Crippen molar-refractivity contribution in [1.29, 1.82) is 0 Å². The number of hydrogen-bond acceptors (Lipinski definition) is 3. The van der Waals surface area contributed by atoms with Crippen LogP contribution in [0.25, 0.3) is 0 Å². The fourth-order valence-electron chi connectivity index (χ4n) is 0.417. The lowest BCUT2D eigenvalue weighted by atomic mass is 10.5. The molecule has 0 aliphatic heterocycles. The fourth-order valence-corrected chi connectivity index (χ4v) is 1.25. The second kappa shape index (κ2) is 6.39. The second-order valence-corrected chi connectivity index (χ2v) is 3.54. The topological polar surface area (TPSA) is 46.2 Å². The first-order chi connectivity index (χ1) is 4.31. The maximum absolute atomic E-state index is 8.41. The van der Waals surface area contributed by atoms with Crippen LogP contribution in [0.4, 0.5) is 0 Å².